The number of benzene rings is 2. The lowest BCUT2D eigenvalue weighted by Crippen LogP contribution is -2.51. The molecule has 0 unspecified atom stereocenters. The number of alkyl halides is 3. The molecule has 1 fully saturated rings. The van der Waals surface area contributed by atoms with Crippen molar-refractivity contribution < 1.29 is 35.9 Å². The molecule has 0 spiro atoms. The van der Waals surface area contributed by atoms with Crippen LogP contribution >= 0.6 is 0 Å². The Bertz CT molecular complexity index is 1070. The molecule has 0 atom stereocenters. The fraction of sp³-hybridized carbons (Fsp3) is 0.333. The largest absolute Gasteiger partial charge is 0.573 e. The highest BCUT2D eigenvalue weighted by Gasteiger charge is 2.31. The molecule has 1 aliphatic rings. The first-order valence-electron chi connectivity index (χ1n) is 10.0. The van der Waals surface area contributed by atoms with Crippen molar-refractivity contribution in [3.05, 3.63) is 60.2 Å². The Labute approximate surface area is 189 Å². The third-order valence-corrected chi connectivity index (χ3v) is 6.42. The van der Waals surface area contributed by atoms with Crippen molar-refractivity contribution in [1.82, 2.24) is 14.5 Å². The van der Waals surface area contributed by atoms with Crippen LogP contribution in [0, 0.1) is 0 Å². The van der Waals surface area contributed by atoms with E-state index in [9.17, 15) is 31.2 Å². The molecule has 0 saturated carbocycles. The van der Waals surface area contributed by atoms with Gasteiger partial charge in [-0.1, -0.05) is 18.2 Å². The van der Waals surface area contributed by atoms with Gasteiger partial charge in [-0.25, -0.2) is 13.1 Å². The minimum absolute atomic E-state index is 0.0961. The van der Waals surface area contributed by atoms with E-state index in [2.05, 4.69) is 9.46 Å². The Morgan fingerprint density at radius 3 is 2.06 bits per heavy atom. The van der Waals surface area contributed by atoms with Crippen LogP contribution < -0.4 is 9.46 Å². The predicted octanol–water partition coefficient (Wildman–Crippen LogP) is 2.24. The average molecular weight is 485 g/mol. The van der Waals surface area contributed by atoms with Gasteiger partial charge in [-0.15, -0.1) is 13.2 Å². The van der Waals surface area contributed by atoms with E-state index >= 15 is 0 Å². The van der Waals surface area contributed by atoms with Crippen molar-refractivity contribution in [2.45, 2.75) is 17.7 Å². The molecule has 1 N–H and O–H groups in total. The number of rotatable bonds is 7. The van der Waals surface area contributed by atoms with Crippen LogP contribution in [0.3, 0.4) is 0 Å². The number of ether oxygens (including phenoxy) is 1. The van der Waals surface area contributed by atoms with Gasteiger partial charge < -0.3 is 14.5 Å². The highest BCUT2D eigenvalue weighted by atomic mass is 32.2. The van der Waals surface area contributed by atoms with Gasteiger partial charge in [-0.2, -0.15) is 0 Å². The van der Waals surface area contributed by atoms with E-state index in [4.69, 9.17) is 0 Å². The van der Waals surface area contributed by atoms with Crippen molar-refractivity contribution in [2.75, 3.05) is 32.7 Å². The lowest BCUT2D eigenvalue weighted by molar-refractivity contribution is -0.274. The molecule has 1 aliphatic heterocycles. The summed E-state index contributed by atoms with van der Waals surface area (Å²) in [6.45, 7) is 1.25. The van der Waals surface area contributed by atoms with Gasteiger partial charge in [0, 0.05) is 44.7 Å². The molecule has 2 amide bonds. The first-order valence-corrected chi connectivity index (χ1v) is 11.5. The van der Waals surface area contributed by atoms with Crippen LogP contribution in [0.15, 0.2) is 59.5 Å². The van der Waals surface area contributed by atoms with Crippen molar-refractivity contribution in [3.8, 4) is 5.75 Å². The van der Waals surface area contributed by atoms with Gasteiger partial charge in [0.15, 0.2) is 0 Å². The summed E-state index contributed by atoms with van der Waals surface area (Å²) in [7, 11) is -4.01. The molecule has 0 aliphatic carbocycles. The number of hydrogen-bond acceptors (Lipinski definition) is 5. The summed E-state index contributed by atoms with van der Waals surface area (Å²) in [6.07, 6.45) is -4.97. The number of piperazine rings is 1. The van der Waals surface area contributed by atoms with Gasteiger partial charge in [0.05, 0.1) is 4.90 Å². The fourth-order valence-corrected chi connectivity index (χ4v) is 4.31. The van der Waals surface area contributed by atoms with E-state index in [0.29, 0.717) is 31.7 Å². The first kappa shape index (κ1) is 24.5. The Hall–Kier alpha value is -3.12. The second-order valence-corrected chi connectivity index (χ2v) is 8.97. The Morgan fingerprint density at radius 2 is 1.48 bits per heavy atom. The Morgan fingerprint density at radius 1 is 0.909 bits per heavy atom. The van der Waals surface area contributed by atoms with Crippen LogP contribution in [-0.4, -0.2) is 69.1 Å². The topological polar surface area (TPSA) is 96.0 Å². The summed E-state index contributed by atoms with van der Waals surface area (Å²) in [5, 5.41) is 0. The maximum atomic E-state index is 12.5. The summed E-state index contributed by atoms with van der Waals surface area (Å²) < 4.78 is 67.2. The number of carbonyl (C=O) groups is 2. The number of nitrogens with one attached hydrogen (secondary N) is 1. The molecule has 12 heteroatoms. The van der Waals surface area contributed by atoms with Crippen LogP contribution in [-0.2, 0) is 14.8 Å². The smallest absolute Gasteiger partial charge is 0.406 e. The zero-order valence-electron chi connectivity index (χ0n) is 17.4. The summed E-state index contributed by atoms with van der Waals surface area (Å²) in [5.74, 6) is -0.915. The van der Waals surface area contributed by atoms with E-state index in [-0.39, 0.29) is 29.7 Å². The molecule has 2 aromatic rings. The van der Waals surface area contributed by atoms with Crippen molar-refractivity contribution in [3.63, 3.8) is 0 Å². The Balaban J connectivity index is 1.45. The van der Waals surface area contributed by atoms with Crippen LogP contribution in [0.4, 0.5) is 13.2 Å². The minimum atomic E-state index is -4.88. The van der Waals surface area contributed by atoms with Crippen LogP contribution in [0.1, 0.15) is 16.8 Å². The summed E-state index contributed by atoms with van der Waals surface area (Å²) in [5.41, 5.74) is 0.574. The molecule has 8 nitrogen and oxygen atoms in total. The number of halogens is 3. The number of nitrogens with zero attached hydrogens (tertiary/aromatic N) is 2. The van der Waals surface area contributed by atoms with E-state index in [1.165, 1.54) is 0 Å². The standard InChI is InChI=1S/C21H22F3N3O5S/c22-21(23,24)32-17-6-8-18(9-7-17)33(30,31)25-11-10-19(28)26-12-14-27(15-13-26)20(29)16-4-2-1-3-5-16/h1-9,25H,10-15H2. The van der Waals surface area contributed by atoms with Crippen molar-refractivity contribution in [2.24, 2.45) is 0 Å². The molecular weight excluding hydrogens is 463 g/mol. The monoisotopic (exact) mass is 485 g/mol. The third-order valence-electron chi connectivity index (χ3n) is 4.94. The van der Waals surface area contributed by atoms with E-state index in [1.54, 1.807) is 34.1 Å². The first-order chi connectivity index (χ1) is 15.5. The van der Waals surface area contributed by atoms with E-state index < -0.39 is 22.1 Å². The van der Waals surface area contributed by atoms with Crippen LogP contribution in [0.2, 0.25) is 0 Å². The van der Waals surface area contributed by atoms with Gasteiger partial charge in [-0.3, -0.25) is 9.59 Å². The molecule has 0 bridgehead atoms. The highest BCUT2D eigenvalue weighted by Crippen LogP contribution is 2.23. The quantitative estimate of drug-likeness (QED) is 0.649. The van der Waals surface area contributed by atoms with Crippen LogP contribution in [0.5, 0.6) is 5.75 Å². The van der Waals surface area contributed by atoms with Gasteiger partial charge in [0.25, 0.3) is 5.91 Å². The summed E-state index contributed by atoms with van der Waals surface area (Å²) in [6, 6.07) is 12.6. The third kappa shape index (κ3) is 6.93. The lowest BCUT2D eigenvalue weighted by Gasteiger charge is -2.35. The lowest BCUT2D eigenvalue weighted by atomic mass is 10.2. The molecule has 0 radical (unpaired) electrons. The molecule has 178 valence electrons. The summed E-state index contributed by atoms with van der Waals surface area (Å²) >= 11 is 0. The highest BCUT2D eigenvalue weighted by molar-refractivity contribution is 7.89. The Kier molecular flexibility index (Phi) is 7.59. The van der Waals surface area contributed by atoms with Crippen molar-refractivity contribution >= 4 is 21.8 Å². The zero-order chi connectivity index (χ0) is 24.1. The SMILES string of the molecule is O=C(CCNS(=O)(=O)c1ccc(OC(F)(F)F)cc1)N1CCN(C(=O)c2ccccc2)CC1. The van der Waals surface area contributed by atoms with Gasteiger partial charge in [0.2, 0.25) is 15.9 Å². The second-order valence-electron chi connectivity index (χ2n) is 7.21. The molecule has 1 saturated heterocycles. The number of sulfonamides is 1. The summed E-state index contributed by atoms with van der Waals surface area (Å²) in [4.78, 5) is 27.8. The number of hydrogen-bond donors (Lipinski definition) is 1. The fourth-order valence-electron chi connectivity index (χ4n) is 3.28. The molecule has 3 rings (SSSR count). The second kappa shape index (κ2) is 10.2. The van der Waals surface area contributed by atoms with Crippen LogP contribution in [0.25, 0.3) is 0 Å². The van der Waals surface area contributed by atoms with Gasteiger partial charge in [-0.05, 0) is 36.4 Å². The maximum Gasteiger partial charge on any atom is 0.573 e. The van der Waals surface area contributed by atoms with E-state index in [0.717, 1.165) is 24.3 Å². The zero-order valence-corrected chi connectivity index (χ0v) is 18.2. The van der Waals surface area contributed by atoms with Gasteiger partial charge in [0.1, 0.15) is 5.75 Å². The maximum absolute atomic E-state index is 12.5. The number of carbonyl (C=O) groups excluding carboxylic acids is 2. The average Bonchev–Trinajstić information content (AvgIpc) is 2.78. The molecule has 33 heavy (non-hydrogen) atoms. The predicted molar refractivity (Wildman–Crippen MR) is 112 cm³/mol. The normalized spacial score (nSPS) is 14.8. The molecule has 1 heterocycles. The molecular formula is C21H22F3N3O5S. The number of amides is 2. The van der Waals surface area contributed by atoms with Crippen molar-refractivity contribution in [1.29, 1.82) is 0 Å². The van der Waals surface area contributed by atoms with Gasteiger partial charge >= 0.3 is 6.36 Å². The minimum Gasteiger partial charge on any atom is -0.406 e. The van der Waals surface area contributed by atoms with E-state index in [1.807, 2.05) is 6.07 Å². The molecule has 0 aromatic heterocycles. The molecule has 2 aromatic carbocycles.